The minimum atomic E-state index is 0.279. The van der Waals surface area contributed by atoms with E-state index in [0.29, 0.717) is 23.2 Å². The summed E-state index contributed by atoms with van der Waals surface area (Å²) in [4.78, 5) is 15.4. The number of rotatable bonds is 11. The third-order valence-electron chi connectivity index (χ3n) is 13.3. The van der Waals surface area contributed by atoms with E-state index in [-0.39, 0.29) is 5.91 Å². The fraction of sp³-hybridized carbons (Fsp3) is 0.917. The lowest BCUT2D eigenvalue weighted by Gasteiger charge is -2.61. The number of carbonyl (C=O) groups excluding carboxylic acids is 1. The van der Waals surface area contributed by atoms with Crippen molar-refractivity contribution >= 4 is 5.91 Å². The minimum absolute atomic E-state index is 0.279. The van der Waals surface area contributed by atoms with Crippen LogP contribution in [-0.2, 0) is 4.79 Å². The number of likely N-dealkylation sites (tertiary alicyclic amines) is 1. The van der Waals surface area contributed by atoms with Gasteiger partial charge in [-0.1, -0.05) is 59.5 Å². The van der Waals surface area contributed by atoms with Gasteiger partial charge in [-0.2, -0.15) is 0 Å². The van der Waals surface area contributed by atoms with Crippen molar-refractivity contribution in [3.05, 3.63) is 11.8 Å². The molecule has 4 saturated carbocycles. The molecule has 0 bridgehead atoms. The lowest BCUT2D eigenvalue weighted by atomic mass is 9.44. The molecule has 8 atom stereocenters. The van der Waals surface area contributed by atoms with Crippen LogP contribution >= 0.6 is 0 Å². The molecule has 1 heterocycles. The van der Waals surface area contributed by atoms with Crippen LogP contribution in [0.3, 0.4) is 0 Å². The van der Waals surface area contributed by atoms with Crippen LogP contribution in [0.25, 0.3) is 0 Å². The Morgan fingerprint density at radius 2 is 1.85 bits per heavy atom. The van der Waals surface area contributed by atoms with Crippen molar-refractivity contribution in [1.82, 2.24) is 10.2 Å². The van der Waals surface area contributed by atoms with Crippen LogP contribution < -0.4 is 5.32 Å². The highest BCUT2D eigenvalue weighted by molar-refractivity contribution is 5.75. The van der Waals surface area contributed by atoms with E-state index in [0.717, 1.165) is 55.6 Å². The molecule has 5 rings (SSSR count). The van der Waals surface area contributed by atoms with Gasteiger partial charge in [0.05, 0.1) is 0 Å². The van der Waals surface area contributed by atoms with Crippen LogP contribution in [0.1, 0.15) is 143 Å². The van der Waals surface area contributed by atoms with E-state index in [1.165, 1.54) is 108 Å². The van der Waals surface area contributed by atoms with Gasteiger partial charge in [-0.05, 0) is 130 Å². The maximum Gasteiger partial charge on any atom is 0.220 e. The van der Waals surface area contributed by atoms with Crippen molar-refractivity contribution in [1.29, 1.82) is 0 Å². The molecule has 3 heteroatoms. The largest absolute Gasteiger partial charge is 0.373 e. The third-order valence-corrected chi connectivity index (χ3v) is 13.3. The Morgan fingerprint density at radius 3 is 2.69 bits per heavy atom. The zero-order valence-corrected chi connectivity index (χ0v) is 26.2. The normalized spacial score (nSPS) is 39.7. The van der Waals surface area contributed by atoms with Gasteiger partial charge in [0.2, 0.25) is 5.91 Å². The first-order valence-corrected chi connectivity index (χ1v) is 17.6. The Balaban J connectivity index is 1.07. The molecule has 222 valence electrons. The standard InChI is InChI=1S/C36H62N2O/c1-5-6-7-8-13-29-14-11-25-38(29)26-24-37-34(39)20-15-27(2)31-18-19-32-30-17-16-28-12-9-10-22-35(28,3)33(30)21-23-36(31,32)4/h13,27-28,30-33H,5-12,14-26H2,1-4H3,(H,37,39)/t27-,28?,30+,31-,32+,33+,35+,36-/m1/s1. The minimum Gasteiger partial charge on any atom is -0.373 e. The second-order valence-electron chi connectivity index (χ2n) is 15.3. The fourth-order valence-corrected chi connectivity index (χ4v) is 11.2. The molecule has 0 aromatic carbocycles. The Morgan fingerprint density at radius 1 is 1.00 bits per heavy atom. The number of carbonyl (C=O) groups is 1. The quantitative estimate of drug-likeness (QED) is 0.266. The Labute approximate surface area is 241 Å². The summed E-state index contributed by atoms with van der Waals surface area (Å²) < 4.78 is 0. The average molecular weight is 539 g/mol. The molecule has 1 aliphatic heterocycles. The predicted molar refractivity (Wildman–Crippen MR) is 164 cm³/mol. The summed E-state index contributed by atoms with van der Waals surface area (Å²) in [5.74, 6) is 5.71. The Bertz CT molecular complexity index is 851. The van der Waals surface area contributed by atoms with Gasteiger partial charge in [0, 0.05) is 31.8 Å². The Hall–Kier alpha value is -0.990. The van der Waals surface area contributed by atoms with Gasteiger partial charge in [0.1, 0.15) is 0 Å². The number of amides is 1. The predicted octanol–water partition coefficient (Wildman–Crippen LogP) is 9.13. The van der Waals surface area contributed by atoms with Gasteiger partial charge in [-0.3, -0.25) is 4.79 Å². The molecule has 39 heavy (non-hydrogen) atoms. The highest BCUT2D eigenvalue weighted by atomic mass is 16.1. The smallest absolute Gasteiger partial charge is 0.220 e. The first kappa shape index (κ1) is 29.5. The van der Waals surface area contributed by atoms with Crippen molar-refractivity contribution in [2.24, 2.45) is 46.3 Å². The van der Waals surface area contributed by atoms with Crippen molar-refractivity contribution < 1.29 is 4.79 Å². The summed E-state index contributed by atoms with van der Waals surface area (Å²) in [7, 11) is 0. The first-order valence-electron chi connectivity index (χ1n) is 17.6. The molecular weight excluding hydrogens is 476 g/mol. The second kappa shape index (κ2) is 12.9. The number of nitrogens with one attached hydrogen (secondary N) is 1. The van der Waals surface area contributed by atoms with E-state index >= 15 is 0 Å². The summed E-state index contributed by atoms with van der Waals surface area (Å²) in [6.07, 6.45) is 26.7. The molecule has 0 aromatic rings. The van der Waals surface area contributed by atoms with Crippen LogP contribution in [0.2, 0.25) is 0 Å². The zero-order chi connectivity index (χ0) is 27.5. The van der Waals surface area contributed by atoms with Crippen LogP contribution in [-0.4, -0.2) is 30.4 Å². The molecule has 1 saturated heterocycles. The van der Waals surface area contributed by atoms with E-state index in [4.69, 9.17) is 0 Å². The number of nitrogens with zero attached hydrogens (tertiary/aromatic N) is 1. The molecule has 5 fully saturated rings. The molecule has 3 nitrogen and oxygen atoms in total. The topological polar surface area (TPSA) is 32.3 Å². The maximum absolute atomic E-state index is 12.8. The van der Waals surface area contributed by atoms with Crippen molar-refractivity contribution in [3.8, 4) is 0 Å². The van der Waals surface area contributed by atoms with Gasteiger partial charge in [-0.15, -0.1) is 0 Å². The van der Waals surface area contributed by atoms with E-state index in [2.05, 4.69) is 44.0 Å². The lowest BCUT2D eigenvalue weighted by molar-refractivity contribution is -0.122. The van der Waals surface area contributed by atoms with Gasteiger partial charge >= 0.3 is 0 Å². The maximum atomic E-state index is 12.8. The molecule has 0 radical (unpaired) electrons. The Kier molecular flexibility index (Phi) is 9.75. The van der Waals surface area contributed by atoms with Gasteiger partial charge in [0.15, 0.2) is 0 Å². The third kappa shape index (κ3) is 6.13. The van der Waals surface area contributed by atoms with Crippen LogP contribution in [0.15, 0.2) is 11.8 Å². The summed E-state index contributed by atoms with van der Waals surface area (Å²) >= 11 is 0. The molecule has 5 aliphatic rings. The summed E-state index contributed by atoms with van der Waals surface area (Å²) in [5, 5.41) is 3.28. The second-order valence-corrected chi connectivity index (χ2v) is 15.3. The lowest BCUT2D eigenvalue weighted by Crippen LogP contribution is -2.53. The number of allylic oxidation sites excluding steroid dienone is 2. The van der Waals surface area contributed by atoms with Crippen molar-refractivity contribution in [2.45, 2.75) is 143 Å². The average Bonchev–Trinajstić information content (AvgIpc) is 3.53. The molecule has 0 spiro atoms. The van der Waals surface area contributed by atoms with Crippen LogP contribution in [0.4, 0.5) is 0 Å². The molecular formula is C36H62N2O. The van der Waals surface area contributed by atoms with Crippen molar-refractivity contribution in [3.63, 3.8) is 0 Å². The summed E-state index contributed by atoms with van der Waals surface area (Å²) in [6, 6.07) is 0. The van der Waals surface area contributed by atoms with Crippen LogP contribution in [0, 0.1) is 46.3 Å². The number of fused-ring (bicyclic) bond motifs is 5. The van der Waals surface area contributed by atoms with Gasteiger partial charge < -0.3 is 10.2 Å². The molecule has 0 aromatic heterocycles. The summed E-state index contributed by atoms with van der Waals surface area (Å²) in [5.41, 5.74) is 2.69. The van der Waals surface area contributed by atoms with Gasteiger partial charge in [-0.25, -0.2) is 0 Å². The number of unbranched alkanes of at least 4 members (excludes halogenated alkanes) is 3. The molecule has 1 unspecified atom stereocenters. The van der Waals surface area contributed by atoms with E-state index in [9.17, 15) is 4.79 Å². The summed E-state index contributed by atoms with van der Waals surface area (Å²) in [6.45, 7) is 13.1. The zero-order valence-electron chi connectivity index (χ0n) is 26.2. The monoisotopic (exact) mass is 538 g/mol. The van der Waals surface area contributed by atoms with Crippen molar-refractivity contribution in [2.75, 3.05) is 19.6 Å². The van der Waals surface area contributed by atoms with E-state index in [1.54, 1.807) is 0 Å². The molecule has 1 amide bonds. The number of hydrogen-bond acceptors (Lipinski definition) is 2. The van der Waals surface area contributed by atoms with Gasteiger partial charge in [0.25, 0.3) is 0 Å². The fourth-order valence-electron chi connectivity index (χ4n) is 11.2. The van der Waals surface area contributed by atoms with Crippen LogP contribution in [0.5, 0.6) is 0 Å². The SMILES string of the molecule is CCCCCC=C1CCCN1CCNC(=O)CC[C@@H](C)[C@H]1CC[C@H]2[C@@H]3CCC4CCCC[C@]4(C)[C@H]3CC[C@]12C. The molecule has 4 aliphatic carbocycles. The van der Waals surface area contributed by atoms with E-state index in [1.807, 2.05) is 0 Å². The first-order chi connectivity index (χ1) is 18.9. The van der Waals surface area contributed by atoms with E-state index < -0.39 is 0 Å². The highest BCUT2D eigenvalue weighted by Gasteiger charge is 2.60. The highest BCUT2D eigenvalue weighted by Crippen LogP contribution is 2.68. The molecule has 1 N–H and O–H groups in total. The number of hydrogen-bond donors (Lipinski definition) is 1.